The molecule has 0 aliphatic rings. The monoisotopic (exact) mass is 209 g/mol. The molecule has 0 saturated carbocycles. The summed E-state index contributed by atoms with van der Waals surface area (Å²) in [6.45, 7) is 5.42. The van der Waals surface area contributed by atoms with Crippen LogP contribution in [0.2, 0.25) is 0 Å². The highest BCUT2D eigenvalue weighted by Gasteiger charge is 1.99. The minimum Gasteiger partial charge on any atom is -0.309 e. The van der Waals surface area contributed by atoms with Gasteiger partial charge >= 0.3 is 0 Å². The van der Waals surface area contributed by atoms with Gasteiger partial charge in [0.1, 0.15) is 0 Å². The smallest absolute Gasteiger partial charge is 0.0208 e. The third kappa shape index (κ3) is 4.68. The predicted octanol–water partition coefficient (Wildman–Crippen LogP) is 2.92. The van der Waals surface area contributed by atoms with Crippen LogP contribution in [0, 0.1) is 0 Å². The Bertz CT molecular complexity index is 235. The Kier molecular flexibility index (Phi) is 5.72. The number of nitrogens with one attached hydrogen (secondary N) is 1. The maximum atomic E-state index is 3.51. The Labute approximate surface area is 91.3 Å². The average molecular weight is 209 g/mol. The molecule has 1 nitrogen and oxygen atoms in total. The van der Waals surface area contributed by atoms with E-state index in [2.05, 4.69) is 49.5 Å². The molecule has 0 heterocycles. The Balaban J connectivity index is 2.20. The molecule has 1 N–H and O–H groups in total. The van der Waals surface area contributed by atoms with Crippen molar-refractivity contribution in [1.82, 2.24) is 5.32 Å². The van der Waals surface area contributed by atoms with E-state index in [4.69, 9.17) is 0 Å². The molecule has 1 aromatic carbocycles. The maximum absolute atomic E-state index is 3.51. The van der Waals surface area contributed by atoms with E-state index in [1.54, 1.807) is 0 Å². The van der Waals surface area contributed by atoms with Gasteiger partial charge in [0.05, 0.1) is 0 Å². The van der Waals surface area contributed by atoms with Crippen LogP contribution in [0.1, 0.15) is 19.4 Å². The van der Waals surface area contributed by atoms with Crippen LogP contribution in [-0.2, 0) is 6.54 Å². The number of hydrogen-bond donors (Lipinski definition) is 1. The Morgan fingerprint density at radius 1 is 1.29 bits per heavy atom. The van der Waals surface area contributed by atoms with Gasteiger partial charge in [0.25, 0.3) is 0 Å². The number of benzene rings is 1. The van der Waals surface area contributed by atoms with E-state index in [0.29, 0.717) is 6.04 Å². The van der Waals surface area contributed by atoms with Gasteiger partial charge in [0.2, 0.25) is 0 Å². The molecule has 0 aliphatic heterocycles. The normalized spacial score (nSPS) is 12.7. The zero-order valence-corrected chi connectivity index (χ0v) is 9.81. The van der Waals surface area contributed by atoms with E-state index < -0.39 is 0 Å². The molecular weight excluding hydrogens is 190 g/mol. The van der Waals surface area contributed by atoms with Gasteiger partial charge < -0.3 is 5.32 Å². The van der Waals surface area contributed by atoms with Crippen molar-refractivity contribution in [3.63, 3.8) is 0 Å². The van der Waals surface area contributed by atoms with Gasteiger partial charge in [-0.1, -0.05) is 37.3 Å². The van der Waals surface area contributed by atoms with E-state index >= 15 is 0 Å². The second-order valence-corrected chi connectivity index (χ2v) is 4.75. The van der Waals surface area contributed by atoms with Gasteiger partial charge in [0, 0.05) is 18.3 Å². The van der Waals surface area contributed by atoms with Crippen LogP contribution in [0.25, 0.3) is 0 Å². The summed E-state index contributed by atoms with van der Waals surface area (Å²) in [4.78, 5) is 0. The third-order valence-electron chi connectivity index (χ3n) is 2.07. The van der Waals surface area contributed by atoms with Crippen LogP contribution in [0.4, 0.5) is 0 Å². The van der Waals surface area contributed by atoms with Crippen molar-refractivity contribution in [1.29, 1.82) is 0 Å². The second kappa shape index (κ2) is 6.91. The topological polar surface area (TPSA) is 12.0 Å². The summed E-state index contributed by atoms with van der Waals surface area (Å²) in [6.07, 6.45) is 0. The molecule has 1 atom stereocenters. The number of hydrogen-bond acceptors (Lipinski definition) is 2. The first-order chi connectivity index (χ1) is 6.83. The van der Waals surface area contributed by atoms with Crippen molar-refractivity contribution < 1.29 is 0 Å². The first-order valence-electron chi connectivity index (χ1n) is 5.18. The van der Waals surface area contributed by atoms with Gasteiger partial charge in [-0.05, 0) is 18.2 Å². The van der Waals surface area contributed by atoms with Gasteiger partial charge in [-0.2, -0.15) is 11.8 Å². The average Bonchev–Trinajstić information content (AvgIpc) is 2.25. The SMILES string of the molecule is CCSCC(C)NCc1ccccc1. The molecule has 0 fully saturated rings. The molecule has 2 heteroatoms. The molecule has 0 spiro atoms. The van der Waals surface area contributed by atoms with Gasteiger partial charge in [-0.3, -0.25) is 0 Å². The van der Waals surface area contributed by atoms with Gasteiger partial charge in [-0.15, -0.1) is 0 Å². The molecule has 0 amide bonds. The molecule has 78 valence electrons. The number of rotatable bonds is 6. The van der Waals surface area contributed by atoms with Crippen LogP contribution >= 0.6 is 11.8 Å². The van der Waals surface area contributed by atoms with Crippen LogP contribution in [0.15, 0.2) is 30.3 Å². The fourth-order valence-corrected chi connectivity index (χ4v) is 1.95. The van der Waals surface area contributed by atoms with Crippen molar-refractivity contribution in [2.75, 3.05) is 11.5 Å². The molecular formula is C12H19NS. The van der Waals surface area contributed by atoms with E-state index in [1.165, 1.54) is 17.1 Å². The lowest BCUT2D eigenvalue weighted by Gasteiger charge is -2.12. The summed E-state index contributed by atoms with van der Waals surface area (Å²) in [5.41, 5.74) is 1.36. The molecule has 1 rings (SSSR count). The molecule has 1 unspecified atom stereocenters. The van der Waals surface area contributed by atoms with Crippen molar-refractivity contribution >= 4 is 11.8 Å². The van der Waals surface area contributed by atoms with Crippen molar-refractivity contribution in [3.05, 3.63) is 35.9 Å². The van der Waals surface area contributed by atoms with Crippen LogP contribution in [-0.4, -0.2) is 17.5 Å². The Hall–Kier alpha value is -0.470. The van der Waals surface area contributed by atoms with E-state index in [0.717, 1.165) is 6.54 Å². The summed E-state index contributed by atoms with van der Waals surface area (Å²) in [7, 11) is 0. The first-order valence-corrected chi connectivity index (χ1v) is 6.33. The zero-order chi connectivity index (χ0) is 10.2. The molecule has 1 aromatic rings. The van der Waals surface area contributed by atoms with Crippen molar-refractivity contribution in [3.8, 4) is 0 Å². The summed E-state index contributed by atoms with van der Waals surface area (Å²) in [6, 6.07) is 11.1. The predicted molar refractivity (Wildman–Crippen MR) is 65.7 cm³/mol. The lowest BCUT2D eigenvalue weighted by Crippen LogP contribution is -2.27. The third-order valence-corrected chi connectivity index (χ3v) is 3.21. The molecule has 0 saturated heterocycles. The lowest BCUT2D eigenvalue weighted by atomic mass is 10.2. The fourth-order valence-electron chi connectivity index (χ4n) is 1.24. The van der Waals surface area contributed by atoms with E-state index in [1.807, 2.05) is 11.8 Å². The van der Waals surface area contributed by atoms with Crippen molar-refractivity contribution in [2.45, 2.75) is 26.4 Å². The number of thioether (sulfide) groups is 1. The zero-order valence-electron chi connectivity index (χ0n) is 8.99. The van der Waals surface area contributed by atoms with Gasteiger partial charge in [-0.25, -0.2) is 0 Å². The molecule has 0 radical (unpaired) electrons. The Morgan fingerprint density at radius 2 is 2.00 bits per heavy atom. The highest BCUT2D eigenvalue weighted by molar-refractivity contribution is 7.99. The van der Waals surface area contributed by atoms with E-state index in [9.17, 15) is 0 Å². The quantitative estimate of drug-likeness (QED) is 0.773. The molecule has 0 bridgehead atoms. The highest BCUT2D eigenvalue weighted by atomic mass is 32.2. The second-order valence-electron chi connectivity index (χ2n) is 3.43. The largest absolute Gasteiger partial charge is 0.309 e. The fraction of sp³-hybridized carbons (Fsp3) is 0.500. The standard InChI is InChI=1S/C12H19NS/c1-3-14-10-11(2)13-9-12-7-5-4-6-8-12/h4-8,11,13H,3,9-10H2,1-2H3. The summed E-state index contributed by atoms with van der Waals surface area (Å²) < 4.78 is 0. The minimum absolute atomic E-state index is 0.597. The summed E-state index contributed by atoms with van der Waals surface area (Å²) >= 11 is 1.99. The highest BCUT2D eigenvalue weighted by Crippen LogP contribution is 2.03. The molecule has 14 heavy (non-hydrogen) atoms. The molecule has 0 aliphatic carbocycles. The van der Waals surface area contributed by atoms with E-state index in [-0.39, 0.29) is 0 Å². The lowest BCUT2D eigenvalue weighted by molar-refractivity contribution is 0.596. The molecule has 0 aromatic heterocycles. The maximum Gasteiger partial charge on any atom is 0.0208 e. The first kappa shape index (κ1) is 11.6. The van der Waals surface area contributed by atoms with Crippen LogP contribution < -0.4 is 5.32 Å². The Morgan fingerprint density at radius 3 is 2.64 bits per heavy atom. The summed E-state index contributed by atoms with van der Waals surface area (Å²) in [5, 5.41) is 3.51. The summed E-state index contributed by atoms with van der Waals surface area (Å²) in [5.74, 6) is 2.40. The van der Waals surface area contributed by atoms with Crippen LogP contribution in [0.5, 0.6) is 0 Å². The van der Waals surface area contributed by atoms with Gasteiger partial charge in [0.15, 0.2) is 0 Å². The van der Waals surface area contributed by atoms with Crippen molar-refractivity contribution in [2.24, 2.45) is 0 Å². The van der Waals surface area contributed by atoms with Crippen LogP contribution in [0.3, 0.4) is 0 Å². The minimum atomic E-state index is 0.597.